The van der Waals surface area contributed by atoms with Crippen LogP contribution in [0.3, 0.4) is 0 Å². The molecule has 0 atom stereocenters. The van der Waals surface area contributed by atoms with Crippen LogP contribution in [0, 0.1) is 12.8 Å². The number of carbonyl (C=O) groups is 2. The molecule has 0 saturated heterocycles. The highest BCUT2D eigenvalue weighted by Crippen LogP contribution is 2.33. The maximum Gasteiger partial charge on any atom is 0.329 e. The van der Waals surface area contributed by atoms with Crippen molar-refractivity contribution < 1.29 is 27.5 Å². The fraction of sp³-hybridized carbons (Fsp3) is 0.625. The maximum atomic E-state index is 12.6. The van der Waals surface area contributed by atoms with Gasteiger partial charge in [0.05, 0.1) is 5.56 Å². The van der Waals surface area contributed by atoms with Crippen LogP contribution in [-0.4, -0.2) is 49.3 Å². The van der Waals surface area contributed by atoms with Crippen LogP contribution in [0.15, 0.2) is 15.6 Å². The summed E-state index contributed by atoms with van der Waals surface area (Å²) >= 11 is 0. The number of sulfonamides is 1. The molecule has 140 valence electrons. The number of carboxylic acid groups (broad SMARTS) is 1. The first-order valence-corrected chi connectivity index (χ1v) is 9.52. The van der Waals surface area contributed by atoms with Crippen molar-refractivity contribution in [2.24, 2.45) is 5.92 Å². The Labute approximate surface area is 147 Å². The summed E-state index contributed by atoms with van der Waals surface area (Å²) in [5.41, 5.74) is -1.30. The van der Waals surface area contributed by atoms with Crippen LogP contribution in [-0.2, 0) is 14.8 Å². The van der Waals surface area contributed by atoms with E-state index in [1.54, 1.807) is 0 Å². The Kier molecular flexibility index (Phi) is 5.29. The van der Waals surface area contributed by atoms with E-state index in [2.05, 4.69) is 5.32 Å². The molecule has 9 heteroatoms. The summed E-state index contributed by atoms with van der Waals surface area (Å²) in [5, 5.41) is 11.9. The Morgan fingerprint density at radius 1 is 1.32 bits per heavy atom. The highest BCUT2D eigenvalue weighted by Gasteiger charge is 2.43. The molecule has 0 aliphatic heterocycles. The zero-order valence-corrected chi connectivity index (χ0v) is 15.6. The van der Waals surface area contributed by atoms with Gasteiger partial charge in [0.15, 0.2) is 0 Å². The third-order valence-corrected chi connectivity index (χ3v) is 6.44. The van der Waals surface area contributed by atoms with Crippen molar-refractivity contribution in [3.05, 3.63) is 17.4 Å². The Bertz CT molecular complexity index is 773. The van der Waals surface area contributed by atoms with Gasteiger partial charge in [0.2, 0.25) is 5.09 Å². The summed E-state index contributed by atoms with van der Waals surface area (Å²) in [6.07, 6.45) is 2.10. The monoisotopic (exact) mass is 372 g/mol. The Balaban J connectivity index is 2.29. The van der Waals surface area contributed by atoms with Gasteiger partial charge >= 0.3 is 5.97 Å². The van der Waals surface area contributed by atoms with Crippen molar-refractivity contribution in [1.29, 1.82) is 0 Å². The molecule has 2 rings (SSSR count). The number of nitrogens with zero attached hydrogens (tertiary/aromatic N) is 1. The van der Waals surface area contributed by atoms with E-state index in [0.717, 1.165) is 10.4 Å². The molecule has 25 heavy (non-hydrogen) atoms. The minimum absolute atomic E-state index is 0.0275. The average molecular weight is 372 g/mol. The van der Waals surface area contributed by atoms with Gasteiger partial charge in [-0.05, 0) is 38.5 Å². The summed E-state index contributed by atoms with van der Waals surface area (Å²) in [6, 6.07) is 1.14. The van der Waals surface area contributed by atoms with E-state index in [9.17, 15) is 23.1 Å². The van der Waals surface area contributed by atoms with Crippen LogP contribution in [0.2, 0.25) is 0 Å². The predicted molar refractivity (Wildman–Crippen MR) is 89.8 cm³/mol. The summed E-state index contributed by atoms with van der Waals surface area (Å²) < 4.78 is 30.5. The number of rotatable bonds is 5. The minimum atomic E-state index is -3.81. The molecule has 0 radical (unpaired) electrons. The van der Waals surface area contributed by atoms with E-state index in [1.165, 1.54) is 21.0 Å². The topological polar surface area (TPSA) is 117 Å². The summed E-state index contributed by atoms with van der Waals surface area (Å²) in [7, 11) is -1.10. The number of carbonyl (C=O) groups excluding carboxylic acids is 1. The molecule has 2 N–H and O–H groups in total. The largest absolute Gasteiger partial charge is 0.480 e. The van der Waals surface area contributed by atoms with E-state index >= 15 is 0 Å². The molecule has 1 heterocycles. The lowest BCUT2D eigenvalue weighted by atomic mass is 9.77. The Hall–Kier alpha value is -1.87. The lowest BCUT2D eigenvalue weighted by Gasteiger charge is -2.36. The van der Waals surface area contributed by atoms with Crippen LogP contribution in [0.1, 0.15) is 48.7 Å². The normalized spacial score (nSPS) is 24.3. The molecular weight excluding hydrogens is 348 g/mol. The molecule has 1 aliphatic carbocycles. The van der Waals surface area contributed by atoms with E-state index in [-0.39, 0.29) is 16.4 Å². The molecule has 1 fully saturated rings. The van der Waals surface area contributed by atoms with Crippen LogP contribution in [0.5, 0.6) is 0 Å². The van der Waals surface area contributed by atoms with Gasteiger partial charge in [-0.15, -0.1) is 0 Å². The molecule has 0 aromatic carbocycles. The van der Waals surface area contributed by atoms with Crippen LogP contribution in [0.25, 0.3) is 0 Å². The van der Waals surface area contributed by atoms with Gasteiger partial charge in [0.25, 0.3) is 15.9 Å². The second kappa shape index (κ2) is 6.80. The first-order valence-electron chi connectivity index (χ1n) is 8.08. The molecule has 0 unspecified atom stereocenters. The first-order chi connectivity index (χ1) is 11.5. The van der Waals surface area contributed by atoms with Crippen LogP contribution in [0.4, 0.5) is 0 Å². The third-order valence-electron chi connectivity index (χ3n) is 4.76. The first kappa shape index (κ1) is 19.5. The number of hydrogen-bond acceptors (Lipinski definition) is 5. The second-order valence-corrected chi connectivity index (χ2v) is 8.93. The summed E-state index contributed by atoms with van der Waals surface area (Å²) in [4.78, 5) is 24.3. The lowest BCUT2D eigenvalue weighted by Crippen LogP contribution is -2.56. The SMILES string of the molecule is Cc1oc(S(=O)(=O)N(C)C)cc1C(=O)NC1(C(=O)O)CCC(C)CC1. The van der Waals surface area contributed by atoms with E-state index < -0.39 is 27.4 Å². The molecule has 1 saturated carbocycles. The maximum absolute atomic E-state index is 12.6. The second-order valence-electron chi connectivity index (χ2n) is 6.85. The zero-order chi connectivity index (χ0) is 19.0. The smallest absolute Gasteiger partial charge is 0.329 e. The van der Waals surface area contributed by atoms with Gasteiger partial charge in [-0.3, -0.25) is 4.79 Å². The van der Waals surface area contributed by atoms with Crippen molar-refractivity contribution >= 4 is 21.9 Å². The molecular formula is C16H24N2O6S. The van der Waals surface area contributed by atoms with Gasteiger partial charge in [0, 0.05) is 20.2 Å². The molecule has 1 aromatic rings. The van der Waals surface area contributed by atoms with E-state index in [1.807, 2.05) is 6.92 Å². The van der Waals surface area contributed by atoms with Crippen molar-refractivity contribution in [3.63, 3.8) is 0 Å². The number of carboxylic acids is 1. The molecule has 1 aromatic heterocycles. The van der Waals surface area contributed by atoms with E-state index in [0.29, 0.717) is 31.6 Å². The number of aliphatic carboxylic acids is 1. The quantitative estimate of drug-likeness (QED) is 0.811. The Morgan fingerprint density at radius 2 is 1.88 bits per heavy atom. The third kappa shape index (κ3) is 3.72. The van der Waals surface area contributed by atoms with Crippen LogP contribution >= 0.6 is 0 Å². The summed E-state index contributed by atoms with van der Waals surface area (Å²) in [6.45, 7) is 3.52. The van der Waals surface area contributed by atoms with Crippen molar-refractivity contribution in [1.82, 2.24) is 9.62 Å². The fourth-order valence-corrected chi connectivity index (χ4v) is 3.78. The fourth-order valence-electron chi connectivity index (χ4n) is 2.92. The van der Waals surface area contributed by atoms with Crippen LogP contribution < -0.4 is 5.32 Å². The Morgan fingerprint density at radius 3 is 2.36 bits per heavy atom. The number of hydrogen-bond donors (Lipinski definition) is 2. The highest BCUT2D eigenvalue weighted by atomic mass is 32.2. The molecule has 0 spiro atoms. The predicted octanol–water partition coefficient (Wildman–Crippen LogP) is 1.60. The summed E-state index contributed by atoms with van der Waals surface area (Å²) in [5.74, 6) is -1.17. The van der Waals surface area contributed by atoms with Crippen molar-refractivity contribution in [3.8, 4) is 0 Å². The molecule has 1 amide bonds. The number of aryl methyl sites for hydroxylation is 1. The average Bonchev–Trinajstić information content (AvgIpc) is 2.92. The van der Waals surface area contributed by atoms with Gasteiger partial charge in [0.1, 0.15) is 11.3 Å². The van der Waals surface area contributed by atoms with Gasteiger partial charge < -0.3 is 14.8 Å². The molecule has 8 nitrogen and oxygen atoms in total. The number of amides is 1. The lowest BCUT2D eigenvalue weighted by molar-refractivity contribution is -0.146. The number of nitrogens with one attached hydrogen (secondary N) is 1. The van der Waals surface area contributed by atoms with Gasteiger partial charge in [-0.1, -0.05) is 6.92 Å². The molecule has 1 aliphatic rings. The highest BCUT2D eigenvalue weighted by molar-refractivity contribution is 7.88. The standard InChI is InChI=1S/C16H24N2O6S/c1-10-5-7-16(8-6-10,15(20)21)17-14(19)12-9-13(24-11(12)2)25(22,23)18(3)4/h9-10H,5-8H2,1-4H3,(H,17,19)(H,20,21). The van der Waals surface area contributed by atoms with Gasteiger partial charge in [-0.25, -0.2) is 17.5 Å². The van der Waals surface area contributed by atoms with E-state index in [4.69, 9.17) is 4.42 Å². The zero-order valence-electron chi connectivity index (χ0n) is 14.8. The van der Waals surface area contributed by atoms with Crippen molar-refractivity contribution in [2.75, 3.05) is 14.1 Å². The van der Waals surface area contributed by atoms with Gasteiger partial charge in [-0.2, -0.15) is 0 Å². The minimum Gasteiger partial charge on any atom is -0.480 e. The number of furan rings is 1. The van der Waals surface area contributed by atoms with Crippen molar-refractivity contribution in [2.45, 2.75) is 50.2 Å². The molecule has 0 bridgehead atoms.